The molecular formula is C22H29N3OS. The molecule has 1 atom stereocenters. The van der Waals surface area contributed by atoms with Crippen LogP contribution in [0.25, 0.3) is 10.9 Å². The van der Waals surface area contributed by atoms with Crippen molar-refractivity contribution in [1.82, 2.24) is 14.4 Å². The molecule has 1 fully saturated rings. The van der Waals surface area contributed by atoms with E-state index < -0.39 is 0 Å². The normalized spacial score (nSPS) is 19.1. The van der Waals surface area contributed by atoms with Crippen LogP contribution in [0.5, 0.6) is 0 Å². The first-order chi connectivity index (χ1) is 13.3. The van der Waals surface area contributed by atoms with Crippen LogP contribution >= 0.6 is 11.3 Å². The number of fused-ring (bicyclic) bond motifs is 1. The summed E-state index contributed by atoms with van der Waals surface area (Å²) in [5.41, 5.74) is 4.14. The van der Waals surface area contributed by atoms with Crippen LogP contribution in [0.1, 0.15) is 24.5 Å². The number of hydrogen-bond donors (Lipinski definition) is 1. The summed E-state index contributed by atoms with van der Waals surface area (Å²) in [5.74, 6) is 0. The van der Waals surface area contributed by atoms with Gasteiger partial charge in [0.25, 0.3) is 0 Å². The fraction of sp³-hybridized carbons (Fsp3) is 0.455. The number of aryl methyl sites for hydroxylation is 1. The van der Waals surface area contributed by atoms with E-state index in [1.54, 1.807) is 11.3 Å². The molecule has 4 rings (SSSR count). The Bertz CT molecular complexity index is 858. The second-order valence-electron chi connectivity index (χ2n) is 7.46. The summed E-state index contributed by atoms with van der Waals surface area (Å²) in [6, 6.07) is 11.4. The summed E-state index contributed by atoms with van der Waals surface area (Å²) in [6.45, 7) is 8.62. The smallest absolute Gasteiger partial charge is 0.0483 e. The number of nitrogens with zero attached hydrogens (tertiary/aromatic N) is 3. The Hall–Kier alpha value is -1.66. The number of benzene rings is 1. The van der Waals surface area contributed by atoms with Gasteiger partial charge in [-0.05, 0) is 47.4 Å². The van der Waals surface area contributed by atoms with Gasteiger partial charge < -0.3 is 9.67 Å². The quantitative estimate of drug-likeness (QED) is 0.674. The highest BCUT2D eigenvalue weighted by molar-refractivity contribution is 7.07. The molecule has 0 bridgehead atoms. The largest absolute Gasteiger partial charge is 0.396 e. The average molecular weight is 384 g/mol. The van der Waals surface area contributed by atoms with Crippen LogP contribution in [0, 0.1) is 0 Å². The lowest BCUT2D eigenvalue weighted by Gasteiger charge is -2.41. The number of aliphatic hydroxyl groups is 1. The highest BCUT2D eigenvalue weighted by Crippen LogP contribution is 2.25. The third-order valence-electron chi connectivity index (χ3n) is 5.72. The predicted molar refractivity (Wildman–Crippen MR) is 113 cm³/mol. The van der Waals surface area contributed by atoms with Gasteiger partial charge >= 0.3 is 0 Å². The zero-order chi connectivity index (χ0) is 18.6. The number of para-hydroxylation sites is 1. The molecule has 0 spiro atoms. The first-order valence-corrected chi connectivity index (χ1v) is 10.9. The number of hydrogen-bond acceptors (Lipinski definition) is 4. The molecule has 1 aromatic carbocycles. The fourth-order valence-electron chi connectivity index (χ4n) is 4.30. The Labute approximate surface area is 165 Å². The van der Waals surface area contributed by atoms with E-state index in [0.717, 1.165) is 45.7 Å². The van der Waals surface area contributed by atoms with E-state index in [1.165, 1.54) is 22.0 Å². The Morgan fingerprint density at radius 1 is 1.15 bits per heavy atom. The van der Waals surface area contributed by atoms with E-state index in [2.05, 4.69) is 68.6 Å². The van der Waals surface area contributed by atoms with Crippen LogP contribution in [0.3, 0.4) is 0 Å². The summed E-state index contributed by atoms with van der Waals surface area (Å²) in [5, 5.41) is 15.3. The summed E-state index contributed by atoms with van der Waals surface area (Å²) < 4.78 is 2.35. The maximum absolute atomic E-state index is 9.57. The van der Waals surface area contributed by atoms with Crippen molar-refractivity contribution in [2.45, 2.75) is 39.0 Å². The fourth-order valence-corrected chi connectivity index (χ4v) is 4.96. The first kappa shape index (κ1) is 18.7. The van der Waals surface area contributed by atoms with Crippen molar-refractivity contribution in [2.75, 3.05) is 26.2 Å². The molecule has 1 N–H and O–H groups in total. The van der Waals surface area contributed by atoms with Gasteiger partial charge in [0.2, 0.25) is 0 Å². The minimum Gasteiger partial charge on any atom is -0.396 e. The van der Waals surface area contributed by atoms with Crippen molar-refractivity contribution in [3.63, 3.8) is 0 Å². The van der Waals surface area contributed by atoms with Gasteiger partial charge in [-0.1, -0.05) is 18.2 Å². The van der Waals surface area contributed by atoms with E-state index in [4.69, 9.17) is 0 Å². The van der Waals surface area contributed by atoms with Crippen LogP contribution in [-0.4, -0.2) is 51.8 Å². The molecule has 1 aliphatic rings. The van der Waals surface area contributed by atoms with Crippen LogP contribution in [-0.2, 0) is 19.6 Å². The molecule has 0 amide bonds. The van der Waals surface area contributed by atoms with Gasteiger partial charge in [-0.25, -0.2) is 0 Å². The SMILES string of the molecule is CCn1cc(CN2CCN(Cc3ccsc3)[C@@H](CCO)C2)c2ccccc21. The van der Waals surface area contributed by atoms with Crippen molar-refractivity contribution in [3.05, 3.63) is 58.4 Å². The summed E-state index contributed by atoms with van der Waals surface area (Å²) >= 11 is 1.76. The summed E-state index contributed by atoms with van der Waals surface area (Å²) in [6.07, 6.45) is 3.17. The molecule has 3 aromatic rings. The Morgan fingerprint density at radius 2 is 2.04 bits per heavy atom. The molecule has 5 heteroatoms. The van der Waals surface area contributed by atoms with Gasteiger partial charge in [-0.3, -0.25) is 9.80 Å². The molecular weight excluding hydrogens is 354 g/mol. The topological polar surface area (TPSA) is 31.6 Å². The van der Waals surface area contributed by atoms with E-state index >= 15 is 0 Å². The molecule has 0 aliphatic carbocycles. The maximum Gasteiger partial charge on any atom is 0.0483 e. The summed E-state index contributed by atoms with van der Waals surface area (Å²) in [7, 11) is 0. The zero-order valence-corrected chi connectivity index (χ0v) is 16.9. The van der Waals surface area contributed by atoms with E-state index in [0.29, 0.717) is 6.04 Å². The van der Waals surface area contributed by atoms with Gasteiger partial charge in [0, 0.05) is 69.0 Å². The Morgan fingerprint density at radius 3 is 2.81 bits per heavy atom. The lowest BCUT2D eigenvalue weighted by Crippen LogP contribution is -2.52. The third-order valence-corrected chi connectivity index (χ3v) is 6.45. The number of piperazine rings is 1. The molecule has 3 heterocycles. The second-order valence-corrected chi connectivity index (χ2v) is 8.24. The molecule has 1 saturated heterocycles. The molecule has 0 radical (unpaired) electrons. The van der Waals surface area contributed by atoms with Crippen LogP contribution in [0.15, 0.2) is 47.3 Å². The standard InChI is InChI=1S/C22H29N3OS/c1-2-24-15-19(21-5-3-4-6-22(21)24)14-23-9-10-25(20(16-23)7-11-26)13-18-8-12-27-17-18/h3-6,8,12,15,17,20,26H,2,7,9-11,13-14,16H2,1H3/t20-/m0/s1. The van der Waals surface area contributed by atoms with Gasteiger partial charge in [0.1, 0.15) is 0 Å². The minimum absolute atomic E-state index is 0.258. The lowest BCUT2D eigenvalue weighted by atomic mass is 10.1. The average Bonchev–Trinajstić information content (AvgIpc) is 3.32. The molecule has 0 unspecified atom stereocenters. The number of aliphatic hydroxyl groups excluding tert-OH is 1. The minimum atomic E-state index is 0.258. The Kier molecular flexibility index (Phi) is 5.93. The first-order valence-electron chi connectivity index (χ1n) is 9.93. The van der Waals surface area contributed by atoms with Crippen molar-refractivity contribution in [2.24, 2.45) is 0 Å². The highest BCUT2D eigenvalue weighted by atomic mass is 32.1. The molecule has 4 nitrogen and oxygen atoms in total. The van der Waals surface area contributed by atoms with E-state index in [9.17, 15) is 5.11 Å². The van der Waals surface area contributed by atoms with Crippen molar-refractivity contribution in [3.8, 4) is 0 Å². The van der Waals surface area contributed by atoms with Crippen LogP contribution in [0.2, 0.25) is 0 Å². The molecule has 1 aliphatic heterocycles. The van der Waals surface area contributed by atoms with Crippen LogP contribution in [0.4, 0.5) is 0 Å². The number of aromatic nitrogens is 1. The van der Waals surface area contributed by atoms with E-state index in [-0.39, 0.29) is 6.61 Å². The van der Waals surface area contributed by atoms with Crippen molar-refractivity contribution < 1.29 is 5.11 Å². The van der Waals surface area contributed by atoms with E-state index in [1.807, 2.05) is 0 Å². The van der Waals surface area contributed by atoms with Crippen LogP contribution < -0.4 is 0 Å². The number of rotatable bonds is 7. The maximum atomic E-state index is 9.57. The second kappa shape index (κ2) is 8.57. The molecule has 2 aromatic heterocycles. The van der Waals surface area contributed by atoms with Crippen molar-refractivity contribution in [1.29, 1.82) is 0 Å². The van der Waals surface area contributed by atoms with Gasteiger partial charge in [-0.2, -0.15) is 11.3 Å². The lowest BCUT2D eigenvalue weighted by molar-refractivity contribution is 0.0502. The number of thiophene rings is 1. The molecule has 27 heavy (non-hydrogen) atoms. The Balaban J connectivity index is 1.48. The predicted octanol–water partition coefficient (Wildman–Crippen LogP) is 3.79. The third kappa shape index (κ3) is 4.11. The van der Waals surface area contributed by atoms with Gasteiger partial charge in [0.05, 0.1) is 0 Å². The van der Waals surface area contributed by atoms with Gasteiger partial charge in [-0.15, -0.1) is 0 Å². The van der Waals surface area contributed by atoms with Gasteiger partial charge in [0.15, 0.2) is 0 Å². The molecule has 144 valence electrons. The zero-order valence-electron chi connectivity index (χ0n) is 16.1. The monoisotopic (exact) mass is 383 g/mol. The highest BCUT2D eigenvalue weighted by Gasteiger charge is 2.27. The molecule has 0 saturated carbocycles. The van der Waals surface area contributed by atoms with Crippen molar-refractivity contribution >= 4 is 22.2 Å². The summed E-state index contributed by atoms with van der Waals surface area (Å²) in [4.78, 5) is 5.11.